The largest absolute Gasteiger partial charge is 0.309 e. The number of nitrogens with one attached hydrogen (secondary N) is 2. The van der Waals surface area contributed by atoms with Crippen molar-refractivity contribution in [2.75, 3.05) is 11.9 Å². The fourth-order valence-electron chi connectivity index (χ4n) is 3.98. The second-order valence-corrected chi connectivity index (χ2v) is 8.27. The van der Waals surface area contributed by atoms with Crippen LogP contribution in [0.3, 0.4) is 0 Å². The van der Waals surface area contributed by atoms with E-state index < -0.39 is 0 Å². The van der Waals surface area contributed by atoms with Crippen LogP contribution in [0.4, 0.5) is 5.82 Å². The van der Waals surface area contributed by atoms with Gasteiger partial charge in [-0.2, -0.15) is 10.4 Å². The highest BCUT2D eigenvalue weighted by molar-refractivity contribution is 5.94. The number of aryl methyl sites for hydroxylation is 1. The van der Waals surface area contributed by atoms with E-state index in [2.05, 4.69) is 40.6 Å². The van der Waals surface area contributed by atoms with E-state index in [1.807, 2.05) is 49.6 Å². The lowest BCUT2D eigenvalue weighted by molar-refractivity contribution is -0.119. The summed E-state index contributed by atoms with van der Waals surface area (Å²) in [5.41, 5.74) is 3.73. The van der Waals surface area contributed by atoms with Crippen LogP contribution in [0.5, 0.6) is 0 Å². The van der Waals surface area contributed by atoms with Crippen LogP contribution in [0.2, 0.25) is 0 Å². The van der Waals surface area contributed by atoms with Crippen molar-refractivity contribution in [3.05, 3.63) is 66.1 Å². The lowest BCUT2D eigenvalue weighted by Crippen LogP contribution is -2.46. The highest BCUT2D eigenvalue weighted by Crippen LogP contribution is 2.20. The molecule has 0 fully saturated rings. The fourth-order valence-corrected chi connectivity index (χ4v) is 3.98. The summed E-state index contributed by atoms with van der Waals surface area (Å²) in [6, 6.07) is 13.2. The van der Waals surface area contributed by atoms with Crippen molar-refractivity contribution in [1.29, 1.82) is 5.26 Å². The van der Waals surface area contributed by atoms with Gasteiger partial charge in [0.25, 0.3) is 0 Å². The molecular formula is C26H32N6O. The van der Waals surface area contributed by atoms with Crippen LogP contribution in [0.1, 0.15) is 44.2 Å². The normalized spacial score (nSPS) is 12.7. The van der Waals surface area contributed by atoms with E-state index in [9.17, 15) is 4.79 Å². The van der Waals surface area contributed by atoms with Gasteiger partial charge in [-0.1, -0.05) is 38.8 Å². The van der Waals surface area contributed by atoms with Crippen LogP contribution in [0.15, 0.2) is 55.0 Å². The van der Waals surface area contributed by atoms with Crippen molar-refractivity contribution in [3.8, 4) is 17.2 Å². The third-order valence-electron chi connectivity index (χ3n) is 5.85. The van der Waals surface area contributed by atoms with Crippen molar-refractivity contribution >= 4 is 11.7 Å². The summed E-state index contributed by atoms with van der Waals surface area (Å²) in [5, 5.41) is 19.6. The van der Waals surface area contributed by atoms with Gasteiger partial charge in [-0.05, 0) is 55.1 Å². The van der Waals surface area contributed by atoms with Crippen molar-refractivity contribution in [1.82, 2.24) is 20.1 Å². The number of carbonyl (C=O) groups is 1. The molecule has 7 heteroatoms. The van der Waals surface area contributed by atoms with Gasteiger partial charge in [0.1, 0.15) is 5.82 Å². The first-order valence-electron chi connectivity index (χ1n) is 11.5. The van der Waals surface area contributed by atoms with Crippen molar-refractivity contribution in [3.63, 3.8) is 0 Å². The molecule has 2 N–H and O–H groups in total. The van der Waals surface area contributed by atoms with Gasteiger partial charge in [-0.3, -0.25) is 9.48 Å². The molecule has 7 nitrogen and oxygen atoms in total. The lowest BCUT2D eigenvalue weighted by Gasteiger charge is -2.26. The van der Waals surface area contributed by atoms with E-state index in [1.54, 1.807) is 17.1 Å². The molecule has 0 saturated heterocycles. The standard InChI is InChI=1S/C26H32N6O/c1-4-6-21(5-2)25(28-14-13-19-7-9-20(15-27)10-8-19)26(33)31-24-12-11-22(16-29-24)23-17-30-32(3)18-23/h7-12,16-18,21,25,28H,4-6,13-14H2,1-3H3,(H,29,31,33). The van der Waals surface area contributed by atoms with Crippen LogP contribution in [-0.2, 0) is 18.3 Å². The molecule has 2 atom stereocenters. The number of hydrogen-bond donors (Lipinski definition) is 2. The number of hydrogen-bond acceptors (Lipinski definition) is 5. The number of aromatic nitrogens is 3. The number of nitriles is 1. The van der Waals surface area contributed by atoms with Gasteiger partial charge in [0.05, 0.1) is 23.9 Å². The number of nitrogens with zero attached hydrogens (tertiary/aromatic N) is 4. The molecule has 0 aliphatic heterocycles. The lowest BCUT2D eigenvalue weighted by atomic mass is 9.91. The van der Waals surface area contributed by atoms with Crippen LogP contribution < -0.4 is 10.6 Å². The highest BCUT2D eigenvalue weighted by atomic mass is 16.2. The van der Waals surface area contributed by atoms with Crippen molar-refractivity contribution < 1.29 is 4.79 Å². The molecule has 0 aliphatic carbocycles. The number of amides is 1. The van der Waals surface area contributed by atoms with E-state index in [1.165, 1.54) is 0 Å². The summed E-state index contributed by atoms with van der Waals surface area (Å²) in [7, 11) is 1.88. The van der Waals surface area contributed by atoms with Crippen LogP contribution in [-0.4, -0.2) is 33.3 Å². The van der Waals surface area contributed by atoms with E-state index in [0.717, 1.165) is 42.4 Å². The number of anilines is 1. The topological polar surface area (TPSA) is 95.6 Å². The summed E-state index contributed by atoms with van der Waals surface area (Å²) in [6.07, 6.45) is 9.19. The molecule has 3 aromatic rings. The van der Waals surface area contributed by atoms with Gasteiger partial charge < -0.3 is 10.6 Å². The fraction of sp³-hybridized carbons (Fsp3) is 0.385. The van der Waals surface area contributed by atoms with Gasteiger partial charge in [-0.15, -0.1) is 0 Å². The zero-order chi connectivity index (χ0) is 23.6. The Kier molecular flexibility index (Phi) is 8.73. The Labute approximate surface area is 195 Å². The molecule has 2 heterocycles. The molecule has 0 spiro atoms. The summed E-state index contributed by atoms with van der Waals surface area (Å²) >= 11 is 0. The molecule has 0 saturated carbocycles. The van der Waals surface area contributed by atoms with Gasteiger partial charge >= 0.3 is 0 Å². The maximum absolute atomic E-state index is 13.2. The molecule has 1 amide bonds. The molecule has 0 radical (unpaired) electrons. The summed E-state index contributed by atoms with van der Waals surface area (Å²) in [6.45, 7) is 4.95. The van der Waals surface area contributed by atoms with Crippen LogP contribution >= 0.6 is 0 Å². The van der Waals surface area contributed by atoms with E-state index >= 15 is 0 Å². The Morgan fingerprint density at radius 1 is 1.12 bits per heavy atom. The zero-order valence-electron chi connectivity index (χ0n) is 19.6. The Morgan fingerprint density at radius 2 is 1.91 bits per heavy atom. The average molecular weight is 445 g/mol. The maximum Gasteiger partial charge on any atom is 0.242 e. The van der Waals surface area contributed by atoms with Crippen LogP contribution in [0.25, 0.3) is 11.1 Å². The first kappa shape index (κ1) is 24.1. The molecule has 0 aliphatic rings. The Morgan fingerprint density at radius 3 is 2.48 bits per heavy atom. The number of carbonyl (C=O) groups excluding carboxylic acids is 1. The minimum atomic E-state index is -0.298. The molecule has 33 heavy (non-hydrogen) atoms. The van der Waals surface area contributed by atoms with E-state index in [-0.39, 0.29) is 17.9 Å². The smallest absolute Gasteiger partial charge is 0.242 e. The number of rotatable bonds is 11. The Hall–Kier alpha value is -3.50. The third-order valence-corrected chi connectivity index (χ3v) is 5.85. The third kappa shape index (κ3) is 6.74. The minimum Gasteiger partial charge on any atom is -0.309 e. The molecule has 3 rings (SSSR count). The maximum atomic E-state index is 13.2. The van der Waals surface area contributed by atoms with Gasteiger partial charge in [0, 0.05) is 30.6 Å². The van der Waals surface area contributed by atoms with Gasteiger partial charge in [0.2, 0.25) is 5.91 Å². The average Bonchev–Trinajstić information content (AvgIpc) is 3.27. The second kappa shape index (κ2) is 11.9. The monoisotopic (exact) mass is 444 g/mol. The second-order valence-electron chi connectivity index (χ2n) is 8.27. The quantitative estimate of drug-likeness (QED) is 0.459. The summed E-state index contributed by atoms with van der Waals surface area (Å²) in [5.74, 6) is 0.722. The predicted octanol–water partition coefficient (Wildman–Crippen LogP) is 4.32. The zero-order valence-corrected chi connectivity index (χ0v) is 19.6. The SMILES string of the molecule is CCCC(CC)C(NCCc1ccc(C#N)cc1)C(=O)Nc1ccc(-c2cnn(C)c2)cn1. The Balaban J connectivity index is 1.64. The number of benzene rings is 1. The first-order chi connectivity index (χ1) is 16.0. The first-order valence-corrected chi connectivity index (χ1v) is 11.5. The van der Waals surface area contributed by atoms with Crippen molar-refractivity contribution in [2.24, 2.45) is 13.0 Å². The van der Waals surface area contributed by atoms with Gasteiger partial charge in [0.15, 0.2) is 0 Å². The molecule has 0 bridgehead atoms. The molecular weight excluding hydrogens is 412 g/mol. The molecule has 2 aromatic heterocycles. The highest BCUT2D eigenvalue weighted by Gasteiger charge is 2.26. The molecule has 2 unspecified atom stereocenters. The van der Waals surface area contributed by atoms with Crippen molar-refractivity contribution in [2.45, 2.75) is 45.6 Å². The van der Waals surface area contributed by atoms with E-state index in [4.69, 9.17) is 5.26 Å². The minimum absolute atomic E-state index is 0.0586. The summed E-state index contributed by atoms with van der Waals surface area (Å²) in [4.78, 5) is 17.6. The molecule has 172 valence electrons. The summed E-state index contributed by atoms with van der Waals surface area (Å²) < 4.78 is 1.75. The number of pyridine rings is 1. The predicted molar refractivity (Wildman–Crippen MR) is 130 cm³/mol. The molecule has 1 aromatic carbocycles. The van der Waals surface area contributed by atoms with Crippen LogP contribution in [0, 0.1) is 17.2 Å². The Bertz CT molecular complexity index is 1070. The van der Waals surface area contributed by atoms with E-state index in [0.29, 0.717) is 17.9 Å². The van der Waals surface area contributed by atoms with Gasteiger partial charge in [-0.25, -0.2) is 4.98 Å².